The van der Waals surface area contributed by atoms with Gasteiger partial charge in [0.25, 0.3) is 5.91 Å². The summed E-state index contributed by atoms with van der Waals surface area (Å²) in [5.74, 6) is -0.119. The summed E-state index contributed by atoms with van der Waals surface area (Å²) in [4.78, 5) is 17.6. The van der Waals surface area contributed by atoms with Crippen LogP contribution in [0.5, 0.6) is 0 Å². The molecule has 1 N–H and O–H groups in total. The minimum absolute atomic E-state index is 0.119. The Labute approximate surface area is 164 Å². The van der Waals surface area contributed by atoms with E-state index in [1.54, 1.807) is 4.68 Å². The van der Waals surface area contributed by atoms with Gasteiger partial charge in [-0.1, -0.05) is 48.0 Å². The van der Waals surface area contributed by atoms with Crippen LogP contribution in [0.2, 0.25) is 0 Å². The Morgan fingerprint density at radius 2 is 1.71 bits per heavy atom. The molecule has 1 amide bonds. The highest BCUT2D eigenvalue weighted by molar-refractivity contribution is 6.06. The fourth-order valence-corrected chi connectivity index (χ4v) is 3.33. The first-order valence-electron chi connectivity index (χ1n) is 9.29. The minimum Gasteiger partial charge on any atom is -0.348 e. The summed E-state index contributed by atoms with van der Waals surface area (Å²) < 4.78 is 1.80. The van der Waals surface area contributed by atoms with Gasteiger partial charge in [0.2, 0.25) is 0 Å². The van der Waals surface area contributed by atoms with Crippen molar-refractivity contribution in [3.63, 3.8) is 0 Å². The standard InChI is InChI=1S/C23H22N4O/c1-15-9-11-18(12-10-15)14-24-23(28)20-13-16(2)25-22-21(20)17(3)26-27(22)19-7-5-4-6-8-19/h4-13H,14H2,1-3H3,(H,24,28). The molecule has 0 saturated carbocycles. The molecule has 0 aliphatic carbocycles. The summed E-state index contributed by atoms with van der Waals surface area (Å²) >= 11 is 0. The number of hydrogen-bond donors (Lipinski definition) is 1. The van der Waals surface area contributed by atoms with E-state index >= 15 is 0 Å². The summed E-state index contributed by atoms with van der Waals surface area (Å²) in [6.07, 6.45) is 0. The number of nitrogens with one attached hydrogen (secondary N) is 1. The first-order valence-corrected chi connectivity index (χ1v) is 9.29. The highest BCUT2D eigenvalue weighted by atomic mass is 16.1. The van der Waals surface area contributed by atoms with Gasteiger partial charge >= 0.3 is 0 Å². The van der Waals surface area contributed by atoms with Crippen LogP contribution in [-0.2, 0) is 6.54 Å². The fourth-order valence-electron chi connectivity index (χ4n) is 3.33. The van der Waals surface area contributed by atoms with E-state index in [2.05, 4.69) is 15.4 Å². The number of rotatable bonds is 4. The molecule has 4 rings (SSSR count). The van der Waals surface area contributed by atoms with Gasteiger partial charge in [-0.15, -0.1) is 0 Å². The number of fused-ring (bicyclic) bond motifs is 1. The smallest absolute Gasteiger partial charge is 0.252 e. The van der Waals surface area contributed by atoms with Crippen molar-refractivity contribution in [2.75, 3.05) is 0 Å². The number of carbonyl (C=O) groups is 1. The summed E-state index contributed by atoms with van der Waals surface area (Å²) in [6, 6.07) is 19.8. The maximum Gasteiger partial charge on any atom is 0.252 e. The average molecular weight is 370 g/mol. The van der Waals surface area contributed by atoms with Crippen LogP contribution < -0.4 is 5.32 Å². The lowest BCUT2D eigenvalue weighted by Crippen LogP contribution is -2.23. The van der Waals surface area contributed by atoms with Gasteiger partial charge < -0.3 is 5.32 Å². The van der Waals surface area contributed by atoms with Crippen LogP contribution in [0.25, 0.3) is 16.7 Å². The van der Waals surface area contributed by atoms with Gasteiger partial charge in [-0.25, -0.2) is 9.67 Å². The summed E-state index contributed by atoms with van der Waals surface area (Å²) in [6.45, 7) is 6.34. The van der Waals surface area contributed by atoms with Crippen molar-refractivity contribution in [1.29, 1.82) is 0 Å². The van der Waals surface area contributed by atoms with Crippen molar-refractivity contribution >= 4 is 16.9 Å². The zero-order chi connectivity index (χ0) is 19.7. The molecule has 0 radical (unpaired) electrons. The zero-order valence-corrected chi connectivity index (χ0v) is 16.2. The maximum atomic E-state index is 13.0. The monoisotopic (exact) mass is 370 g/mol. The summed E-state index contributed by atoms with van der Waals surface area (Å²) in [5, 5.41) is 8.46. The molecule has 0 spiro atoms. The van der Waals surface area contributed by atoms with E-state index < -0.39 is 0 Å². The highest BCUT2D eigenvalue weighted by Crippen LogP contribution is 2.25. The zero-order valence-electron chi connectivity index (χ0n) is 16.2. The quantitative estimate of drug-likeness (QED) is 0.583. The second kappa shape index (κ2) is 7.27. The lowest BCUT2D eigenvalue weighted by molar-refractivity contribution is 0.0952. The first-order chi connectivity index (χ1) is 13.5. The number of aryl methyl sites for hydroxylation is 3. The van der Waals surface area contributed by atoms with E-state index in [0.29, 0.717) is 17.8 Å². The molecule has 4 aromatic rings. The van der Waals surface area contributed by atoms with Gasteiger partial charge in [0.1, 0.15) is 0 Å². The molecular formula is C23H22N4O. The second-order valence-electron chi connectivity index (χ2n) is 7.01. The molecule has 2 heterocycles. The molecule has 0 atom stereocenters. The molecule has 28 heavy (non-hydrogen) atoms. The molecule has 0 unspecified atom stereocenters. The Balaban J connectivity index is 1.71. The van der Waals surface area contributed by atoms with Gasteiger partial charge in [-0.2, -0.15) is 5.10 Å². The lowest BCUT2D eigenvalue weighted by Gasteiger charge is -2.09. The highest BCUT2D eigenvalue weighted by Gasteiger charge is 2.19. The van der Waals surface area contributed by atoms with Gasteiger partial charge in [0.05, 0.1) is 22.3 Å². The van der Waals surface area contributed by atoms with Crippen molar-refractivity contribution in [3.8, 4) is 5.69 Å². The van der Waals surface area contributed by atoms with E-state index in [0.717, 1.165) is 28.0 Å². The van der Waals surface area contributed by atoms with Crippen molar-refractivity contribution in [2.45, 2.75) is 27.3 Å². The third kappa shape index (κ3) is 3.39. The molecule has 140 valence electrons. The van der Waals surface area contributed by atoms with E-state index in [1.165, 1.54) is 5.56 Å². The Morgan fingerprint density at radius 1 is 1.00 bits per heavy atom. The van der Waals surface area contributed by atoms with Crippen LogP contribution >= 0.6 is 0 Å². The molecule has 0 aliphatic rings. The molecule has 0 aliphatic heterocycles. The number of amides is 1. The van der Waals surface area contributed by atoms with E-state index in [1.807, 2.05) is 81.4 Å². The van der Waals surface area contributed by atoms with Gasteiger partial charge in [0, 0.05) is 12.2 Å². The SMILES string of the molecule is Cc1ccc(CNC(=O)c2cc(C)nc3c2c(C)nn3-c2ccccc2)cc1. The minimum atomic E-state index is -0.119. The summed E-state index contributed by atoms with van der Waals surface area (Å²) in [7, 11) is 0. The molecular weight excluding hydrogens is 348 g/mol. The van der Waals surface area contributed by atoms with Gasteiger partial charge in [0.15, 0.2) is 5.65 Å². The number of hydrogen-bond acceptors (Lipinski definition) is 3. The number of carbonyl (C=O) groups excluding carboxylic acids is 1. The fraction of sp³-hybridized carbons (Fsp3) is 0.174. The third-order valence-corrected chi connectivity index (χ3v) is 4.76. The van der Waals surface area contributed by atoms with Crippen molar-refractivity contribution in [2.24, 2.45) is 0 Å². The molecule has 0 saturated heterocycles. The van der Waals surface area contributed by atoms with Crippen LogP contribution in [0.1, 0.15) is 32.9 Å². The molecule has 0 bridgehead atoms. The van der Waals surface area contributed by atoms with Gasteiger partial charge in [-0.05, 0) is 44.5 Å². The lowest BCUT2D eigenvalue weighted by atomic mass is 10.1. The van der Waals surface area contributed by atoms with Crippen molar-refractivity contribution < 1.29 is 4.79 Å². The molecule has 2 aromatic carbocycles. The molecule has 0 fully saturated rings. The Morgan fingerprint density at radius 3 is 2.43 bits per heavy atom. The predicted octanol–water partition coefficient (Wildman–Crippen LogP) is 4.28. The maximum absolute atomic E-state index is 13.0. The third-order valence-electron chi connectivity index (χ3n) is 4.76. The van der Waals surface area contributed by atoms with Crippen LogP contribution in [0.15, 0.2) is 60.7 Å². The first kappa shape index (κ1) is 17.9. The predicted molar refractivity (Wildman–Crippen MR) is 111 cm³/mol. The number of nitrogens with zero attached hydrogens (tertiary/aromatic N) is 3. The normalized spacial score (nSPS) is 11.0. The Kier molecular flexibility index (Phi) is 4.65. The number of benzene rings is 2. The van der Waals surface area contributed by atoms with E-state index in [9.17, 15) is 4.79 Å². The largest absolute Gasteiger partial charge is 0.348 e. The summed E-state index contributed by atoms with van der Waals surface area (Å²) in [5.41, 5.74) is 6.06. The topological polar surface area (TPSA) is 59.8 Å². The molecule has 5 nitrogen and oxygen atoms in total. The van der Waals surface area contributed by atoms with Crippen molar-refractivity contribution in [3.05, 3.63) is 88.7 Å². The molecule has 5 heteroatoms. The Bertz CT molecular complexity index is 1140. The average Bonchev–Trinajstić information content (AvgIpc) is 3.03. The van der Waals surface area contributed by atoms with E-state index in [-0.39, 0.29) is 5.91 Å². The molecule has 2 aromatic heterocycles. The van der Waals surface area contributed by atoms with E-state index in [4.69, 9.17) is 0 Å². The Hall–Kier alpha value is -3.47. The van der Waals surface area contributed by atoms with Crippen LogP contribution in [0, 0.1) is 20.8 Å². The number of aromatic nitrogens is 3. The second-order valence-corrected chi connectivity index (χ2v) is 7.01. The van der Waals surface area contributed by atoms with Crippen LogP contribution in [-0.4, -0.2) is 20.7 Å². The van der Waals surface area contributed by atoms with Crippen molar-refractivity contribution in [1.82, 2.24) is 20.1 Å². The van der Waals surface area contributed by atoms with Gasteiger partial charge in [-0.3, -0.25) is 4.79 Å². The number of pyridine rings is 1. The van der Waals surface area contributed by atoms with Crippen LogP contribution in [0.3, 0.4) is 0 Å². The van der Waals surface area contributed by atoms with Crippen LogP contribution in [0.4, 0.5) is 0 Å². The number of para-hydroxylation sites is 1.